The maximum atomic E-state index is 12.8. The van der Waals surface area contributed by atoms with Crippen LogP contribution in [0.4, 0.5) is 16.4 Å². The van der Waals surface area contributed by atoms with Gasteiger partial charge in [0.1, 0.15) is 5.00 Å². The Morgan fingerprint density at radius 2 is 2.00 bits per heavy atom. The molecule has 0 radical (unpaired) electrons. The van der Waals surface area contributed by atoms with Crippen molar-refractivity contribution in [1.82, 2.24) is 19.5 Å². The number of nitrogens with one attached hydrogen (secondary N) is 2. The van der Waals surface area contributed by atoms with Gasteiger partial charge < -0.3 is 15.2 Å². The lowest BCUT2D eigenvalue weighted by Crippen LogP contribution is -2.14. The topological polar surface area (TPSA) is 84.7 Å². The predicted molar refractivity (Wildman–Crippen MR) is 111 cm³/mol. The Hall–Kier alpha value is -3.52. The van der Waals surface area contributed by atoms with E-state index in [2.05, 4.69) is 25.6 Å². The van der Waals surface area contributed by atoms with Gasteiger partial charge in [0.05, 0.1) is 11.3 Å². The van der Waals surface area contributed by atoms with Gasteiger partial charge in [-0.1, -0.05) is 6.07 Å². The van der Waals surface area contributed by atoms with Gasteiger partial charge in [-0.15, -0.1) is 11.3 Å². The van der Waals surface area contributed by atoms with Crippen LogP contribution in [0, 0.1) is 13.8 Å². The maximum Gasteiger partial charge on any atom is 0.277 e. The van der Waals surface area contributed by atoms with Crippen LogP contribution >= 0.6 is 11.3 Å². The summed E-state index contributed by atoms with van der Waals surface area (Å²) in [6, 6.07) is 11.5. The van der Waals surface area contributed by atoms with E-state index in [4.69, 9.17) is 0 Å². The second-order valence-electron chi connectivity index (χ2n) is 6.20. The third-order valence-electron chi connectivity index (χ3n) is 4.01. The number of hydrogen-bond acceptors (Lipinski definition) is 6. The van der Waals surface area contributed by atoms with Crippen LogP contribution in [0.2, 0.25) is 0 Å². The number of carbonyl (C=O) groups excluding carboxylic acids is 1. The normalized spacial score (nSPS) is 10.6. The lowest BCUT2D eigenvalue weighted by atomic mass is 10.2. The molecule has 28 heavy (non-hydrogen) atoms. The highest BCUT2D eigenvalue weighted by Crippen LogP contribution is 2.29. The molecule has 0 unspecified atom stereocenters. The van der Waals surface area contributed by atoms with Crippen LogP contribution in [0.15, 0.2) is 61.3 Å². The van der Waals surface area contributed by atoms with Crippen LogP contribution in [0.3, 0.4) is 0 Å². The highest BCUT2D eigenvalue weighted by molar-refractivity contribution is 7.16. The van der Waals surface area contributed by atoms with Gasteiger partial charge in [0, 0.05) is 41.3 Å². The Labute approximate surface area is 166 Å². The number of pyridine rings is 1. The van der Waals surface area contributed by atoms with Crippen LogP contribution in [0.1, 0.15) is 21.2 Å². The molecule has 1 aromatic carbocycles. The van der Waals surface area contributed by atoms with Crippen molar-refractivity contribution >= 4 is 33.6 Å². The monoisotopic (exact) mass is 390 g/mol. The van der Waals surface area contributed by atoms with Gasteiger partial charge in [-0.2, -0.15) is 0 Å². The smallest absolute Gasteiger partial charge is 0.277 e. The van der Waals surface area contributed by atoms with E-state index in [1.807, 2.05) is 54.9 Å². The molecule has 4 rings (SSSR count). The SMILES string of the molecule is Cc1cc(NC(=O)c2nc(C)sc2Nc2cccc(-n3ccnc3)c2)ccn1. The highest BCUT2D eigenvalue weighted by atomic mass is 32.1. The molecule has 3 aromatic heterocycles. The summed E-state index contributed by atoms with van der Waals surface area (Å²) in [6.45, 7) is 3.76. The molecule has 0 spiro atoms. The van der Waals surface area contributed by atoms with Gasteiger partial charge in [0.15, 0.2) is 5.69 Å². The van der Waals surface area contributed by atoms with Crippen LogP contribution in [-0.4, -0.2) is 25.4 Å². The first-order valence-electron chi connectivity index (χ1n) is 8.65. The van der Waals surface area contributed by atoms with Crippen molar-refractivity contribution in [3.63, 3.8) is 0 Å². The summed E-state index contributed by atoms with van der Waals surface area (Å²) in [5.74, 6) is -0.261. The van der Waals surface area contributed by atoms with Crippen molar-refractivity contribution in [3.8, 4) is 5.69 Å². The minimum absolute atomic E-state index is 0.261. The molecule has 0 fully saturated rings. The predicted octanol–water partition coefficient (Wildman–Crippen LogP) is 4.34. The van der Waals surface area contributed by atoms with Gasteiger partial charge in [-0.3, -0.25) is 9.78 Å². The molecule has 8 heteroatoms. The molecule has 0 saturated carbocycles. The third kappa shape index (κ3) is 3.91. The average Bonchev–Trinajstić information content (AvgIpc) is 3.32. The van der Waals surface area contributed by atoms with E-state index >= 15 is 0 Å². The first-order valence-corrected chi connectivity index (χ1v) is 9.47. The largest absolute Gasteiger partial charge is 0.345 e. The van der Waals surface area contributed by atoms with Crippen LogP contribution in [-0.2, 0) is 0 Å². The number of benzene rings is 1. The minimum Gasteiger partial charge on any atom is -0.345 e. The fourth-order valence-corrected chi connectivity index (χ4v) is 3.60. The summed E-state index contributed by atoms with van der Waals surface area (Å²) in [6.07, 6.45) is 7.02. The number of aromatic nitrogens is 4. The zero-order chi connectivity index (χ0) is 19.5. The summed E-state index contributed by atoms with van der Waals surface area (Å²) >= 11 is 1.44. The number of aryl methyl sites for hydroxylation is 2. The van der Waals surface area contributed by atoms with E-state index in [1.165, 1.54) is 11.3 Å². The molecule has 140 valence electrons. The molecular weight excluding hydrogens is 372 g/mol. The molecule has 1 amide bonds. The maximum absolute atomic E-state index is 12.8. The number of carbonyl (C=O) groups is 1. The first kappa shape index (κ1) is 17.9. The van der Waals surface area contributed by atoms with Crippen molar-refractivity contribution < 1.29 is 4.79 Å². The Kier molecular flexibility index (Phi) is 4.86. The molecule has 0 aliphatic carbocycles. The van der Waals surface area contributed by atoms with E-state index in [9.17, 15) is 4.79 Å². The van der Waals surface area contributed by atoms with Crippen LogP contribution in [0.5, 0.6) is 0 Å². The average molecular weight is 390 g/mol. The Bertz CT molecular complexity index is 1120. The van der Waals surface area contributed by atoms with Gasteiger partial charge in [0.2, 0.25) is 0 Å². The summed E-state index contributed by atoms with van der Waals surface area (Å²) in [5, 5.41) is 7.72. The summed E-state index contributed by atoms with van der Waals surface area (Å²) in [4.78, 5) is 25.4. The fraction of sp³-hybridized carbons (Fsp3) is 0.100. The number of nitrogens with zero attached hydrogens (tertiary/aromatic N) is 4. The molecular formula is C20H18N6OS. The molecule has 0 aliphatic heterocycles. The lowest BCUT2D eigenvalue weighted by molar-refractivity contribution is 0.102. The summed E-state index contributed by atoms with van der Waals surface area (Å²) in [5.41, 5.74) is 3.73. The molecule has 2 N–H and O–H groups in total. The molecule has 7 nitrogen and oxygen atoms in total. The van der Waals surface area contributed by atoms with Gasteiger partial charge in [-0.05, 0) is 44.2 Å². The minimum atomic E-state index is -0.261. The van der Waals surface area contributed by atoms with Crippen molar-refractivity contribution in [1.29, 1.82) is 0 Å². The van der Waals surface area contributed by atoms with Gasteiger partial charge in [-0.25, -0.2) is 9.97 Å². The Morgan fingerprint density at radius 1 is 1.11 bits per heavy atom. The second kappa shape index (κ2) is 7.61. The molecule has 0 saturated heterocycles. The van der Waals surface area contributed by atoms with E-state index in [-0.39, 0.29) is 5.91 Å². The van der Waals surface area contributed by atoms with Crippen LogP contribution < -0.4 is 10.6 Å². The summed E-state index contributed by atoms with van der Waals surface area (Å²) in [7, 11) is 0. The zero-order valence-corrected chi connectivity index (χ0v) is 16.2. The summed E-state index contributed by atoms with van der Waals surface area (Å²) < 4.78 is 1.92. The van der Waals surface area contributed by atoms with E-state index in [1.54, 1.807) is 24.8 Å². The highest BCUT2D eigenvalue weighted by Gasteiger charge is 2.18. The molecule has 0 bridgehead atoms. The van der Waals surface area contributed by atoms with Crippen molar-refractivity contribution in [2.24, 2.45) is 0 Å². The van der Waals surface area contributed by atoms with E-state index < -0.39 is 0 Å². The number of imidazole rings is 1. The first-order chi connectivity index (χ1) is 13.6. The van der Waals surface area contributed by atoms with Crippen molar-refractivity contribution in [3.05, 3.63) is 77.7 Å². The fourth-order valence-electron chi connectivity index (χ4n) is 2.77. The molecule has 4 aromatic rings. The third-order valence-corrected chi connectivity index (χ3v) is 4.90. The second-order valence-corrected chi connectivity index (χ2v) is 7.40. The van der Waals surface area contributed by atoms with Crippen molar-refractivity contribution in [2.75, 3.05) is 10.6 Å². The Balaban J connectivity index is 1.58. The van der Waals surface area contributed by atoms with Crippen molar-refractivity contribution in [2.45, 2.75) is 13.8 Å². The van der Waals surface area contributed by atoms with Crippen LogP contribution in [0.25, 0.3) is 5.69 Å². The standard InChI is InChI=1S/C20H18N6OS/c1-13-10-16(6-7-22-13)24-19(27)18-20(28-14(2)23-18)25-15-4-3-5-17(11-15)26-9-8-21-12-26/h3-12,25H,1-2H3,(H,22,24,27). The number of rotatable bonds is 5. The Morgan fingerprint density at radius 3 is 2.79 bits per heavy atom. The number of amides is 1. The number of hydrogen-bond donors (Lipinski definition) is 2. The molecule has 0 atom stereocenters. The van der Waals surface area contributed by atoms with E-state index in [0.29, 0.717) is 16.4 Å². The number of thiazole rings is 1. The van der Waals surface area contributed by atoms with E-state index in [0.717, 1.165) is 22.1 Å². The van der Waals surface area contributed by atoms with Gasteiger partial charge >= 0.3 is 0 Å². The zero-order valence-electron chi connectivity index (χ0n) is 15.4. The molecule has 0 aliphatic rings. The number of anilines is 3. The molecule has 3 heterocycles. The quantitative estimate of drug-likeness (QED) is 0.530. The van der Waals surface area contributed by atoms with Gasteiger partial charge in [0.25, 0.3) is 5.91 Å². The lowest BCUT2D eigenvalue weighted by Gasteiger charge is -2.09.